The zero-order chi connectivity index (χ0) is 34.4. The molecule has 6 nitrogen and oxygen atoms in total. The Morgan fingerprint density at radius 3 is 1.71 bits per heavy atom. The summed E-state index contributed by atoms with van der Waals surface area (Å²) in [7, 11) is 0. The van der Waals surface area contributed by atoms with E-state index in [1.54, 1.807) is 0 Å². The molecule has 3 aromatic heterocycles. The fourth-order valence-corrected chi connectivity index (χ4v) is 7.11. The fourth-order valence-electron chi connectivity index (χ4n) is 7.11. The molecule has 0 aliphatic heterocycles. The molecule has 0 amide bonds. The second-order valence-corrected chi connectivity index (χ2v) is 12.7. The van der Waals surface area contributed by atoms with Crippen molar-refractivity contribution in [3.8, 4) is 62.4 Å². The maximum absolute atomic E-state index is 6.30. The Morgan fingerprint density at radius 2 is 1.00 bits per heavy atom. The number of aromatic nitrogens is 5. The van der Waals surface area contributed by atoms with Crippen molar-refractivity contribution in [3.05, 3.63) is 176 Å². The molecule has 6 heteroatoms. The van der Waals surface area contributed by atoms with Crippen molar-refractivity contribution in [3.63, 3.8) is 0 Å². The molecule has 10 aromatic rings. The summed E-state index contributed by atoms with van der Waals surface area (Å²) in [6.07, 6.45) is 0. The molecule has 7 aromatic carbocycles. The van der Waals surface area contributed by atoms with Crippen LogP contribution in [0.15, 0.2) is 180 Å². The summed E-state index contributed by atoms with van der Waals surface area (Å²) in [5.74, 6) is 2.27. The Morgan fingerprint density at radius 1 is 0.404 bits per heavy atom. The second kappa shape index (κ2) is 12.3. The molecule has 52 heavy (non-hydrogen) atoms. The van der Waals surface area contributed by atoms with Gasteiger partial charge in [0.2, 0.25) is 5.89 Å². The van der Waals surface area contributed by atoms with Crippen molar-refractivity contribution in [2.75, 3.05) is 0 Å². The Bertz CT molecular complexity index is 2810. The van der Waals surface area contributed by atoms with Gasteiger partial charge in [0.25, 0.3) is 0 Å². The average Bonchev–Trinajstić information content (AvgIpc) is 3.81. The number of para-hydroxylation sites is 3. The van der Waals surface area contributed by atoms with Crippen molar-refractivity contribution in [1.29, 1.82) is 0 Å². The largest absolute Gasteiger partial charge is 0.436 e. The zero-order valence-electron chi connectivity index (χ0n) is 27.9. The lowest BCUT2D eigenvalue weighted by Crippen LogP contribution is -2.04. The van der Waals surface area contributed by atoms with Crippen LogP contribution in [-0.4, -0.2) is 24.5 Å². The minimum atomic E-state index is 0.531. The molecule has 3 heterocycles. The smallest absolute Gasteiger partial charge is 0.227 e. The summed E-state index contributed by atoms with van der Waals surface area (Å²) < 4.78 is 8.63. The van der Waals surface area contributed by atoms with Crippen LogP contribution in [0, 0.1) is 0 Å². The Balaban J connectivity index is 1.29. The van der Waals surface area contributed by atoms with Crippen LogP contribution in [0.4, 0.5) is 0 Å². The molecule has 0 atom stereocenters. The minimum Gasteiger partial charge on any atom is -0.436 e. The van der Waals surface area contributed by atoms with Gasteiger partial charge in [-0.2, -0.15) is 0 Å². The molecule has 0 fully saturated rings. The van der Waals surface area contributed by atoms with Crippen molar-refractivity contribution in [1.82, 2.24) is 24.5 Å². The van der Waals surface area contributed by atoms with Crippen LogP contribution in [-0.2, 0) is 0 Å². The Labute approximate surface area is 299 Å². The number of fused-ring (bicyclic) bond motifs is 4. The lowest BCUT2D eigenvalue weighted by atomic mass is 9.99. The second-order valence-electron chi connectivity index (χ2n) is 12.7. The first-order valence-corrected chi connectivity index (χ1v) is 17.2. The summed E-state index contributed by atoms with van der Waals surface area (Å²) in [5, 5.41) is 2.35. The van der Waals surface area contributed by atoms with Gasteiger partial charge in [-0.1, -0.05) is 133 Å². The van der Waals surface area contributed by atoms with Gasteiger partial charge in [0, 0.05) is 33.0 Å². The molecular formula is C46H29N5O. The van der Waals surface area contributed by atoms with Gasteiger partial charge in [0.05, 0.1) is 16.7 Å². The van der Waals surface area contributed by atoms with E-state index in [2.05, 4.69) is 95.6 Å². The first-order valence-electron chi connectivity index (χ1n) is 17.2. The highest BCUT2D eigenvalue weighted by Crippen LogP contribution is 2.41. The fraction of sp³-hybridized carbons (Fsp3) is 0. The first kappa shape index (κ1) is 29.7. The van der Waals surface area contributed by atoms with E-state index >= 15 is 0 Å². The third-order valence-corrected chi connectivity index (χ3v) is 9.50. The highest BCUT2D eigenvalue weighted by Gasteiger charge is 2.22. The number of hydrogen-bond donors (Lipinski definition) is 0. The standard InChI is InChI=1S/C46H29N5O/c1-4-15-30(16-5-1)34-22-14-25-40-42(34)35-21-10-12-24-38(35)51(40)39-28-27-33(46-47-37-23-11-13-26-41(37)52-46)29-36(39)45-49-43(31-17-6-2-7-18-31)48-44(50-45)32-19-8-3-9-20-32/h1-29H. The van der Waals surface area contributed by atoms with Crippen molar-refractivity contribution < 1.29 is 4.42 Å². The van der Waals surface area contributed by atoms with E-state index in [4.69, 9.17) is 24.4 Å². The maximum Gasteiger partial charge on any atom is 0.227 e. The predicted octanol–water partition coefficient (Wildman–Crippen LogP) is 11.4. The number of benzene rings is 7. The highest BCUT2D eigenvalue weighted by atomic mass is 16.3. The molecule has 0 unspecified atom stereocenters. The number of rotatable bonds is 6. The third-order valence-electron chi connectivity index (χ3n) is 9.50. The van der Waals surface area contributed by atoms with Crippen LogP contribution in [0.2, 0.25) is 0 Å². The molecule has 0 spiro atoms. The molecule has 0 aliphatic carbocycles. The van der Waals surface area contributed by atoms with Gasteiger partial charge in [-0.25, -0.2) is 19.9 Å². The van der Waals surface area contributed by atoms with E-state index in [-0.39, 0.29) is 0 Å². The van der Waals surface area contributed by atoms with Crippen LogP contribution in [0.1, 0.15) is 0 Å². The van der Waals surface area contributed by atoms with Crippen LogP contribution in [0.3, 0.4) is 0 Å². The number of oxazole rings is 1. The van der Waals surface area contributed by atoms with Gasteiger partial charge in [-0.3, -0.25) is 0 Å². The number of nitrogens with zero attached hydrogens (tertiary/aromatic N) is 5. The molecule has 0 bridgehead atoms. The Kier molecular flexibility index (Phi) is 7.03. The normalized spacial score (nSPS) is 11.5. The minimum absolute atomic E-state index is 0.531. The van der Waals surface area contributed by atoms with Gasteiger partial charge in [0.15, 0.2) is 23.1 Å². The maximum atomic E-state index is 6.30. The molecule has 10 rings (SSSR count). The van der Waals surface area contributed by atoms with Crippen LogP contribution in [0.25, 0.3) is 95.3 Å². The van der Waals surface area contributed by atoms with Crippen LogP contribution in [0.5, 0.6) is 0 Å². The molecule has 0 aliphatic rings. The quantitative estimate of drug-likeness (QED) is 0.176. The van der Waals surface area contributed by atoms with Crippen molar-refractivity contribution in [2.24, 2.45) is 0 Å². The molecule has 0 radical (unpaired) electrons. The van der Waals surface area contributed by atoms with E-state index in [1.807, 2.05) is 84.9 Å². The average molecular weight is 668 g/mol. The van der Waals surface area contributed by atoms with Crippen LogP contribution < -0.4 is 0 Å². The topological polar surface area (TPSA) is 69.6 Å². The predicted molar refractivity (Wildman–Crippen MR) is 209 cm³/mol. The SMILES string of the molecule is c1ccc(-c2nc(-c3ccccc3)nc(-c3cc(-c4nc5ccccc5o4)ccc3-n3c4ccccc4c4c(-c5ccccc5)cccc43)n2)cc1. The monoisotopic (exact) mass is 667 g/mol. The van der Waals surface area contributed by atoms with Gasteiger partial charge >= 0.3 is 0 Å². The van der Waals surface area contributed by atoms with Crippen molar-refractivity contribution in [2.45, 2.75) is 0 Å². The summed E-state index contributed by atoms with van der Waals surface area (Å²) in [4.78, 5) is 20.2. The summed E-state index contributed by atoms with van der Waals surface area (Å²) >= 11 is 0. The highest BCUT2D eigenvalue weighted by molar-refractivity contribution is 6.16. The lowest BCUT2D eigenvalue weighted by Gasteiger charge is -2.16. The van der Waals surface area contributed by atoms with Crippen LogP contribution >= 0.6 is 0 Å². The van der Waals surface area contributed by atoms with E-state index in [1.165, 1.54) is 16.5 Å². The zero-order valence-corrected chi connectivity index (χ0v) is 27.9. The summed E-state index contributed by atoms with van der Waals surface area (Å²) in [6.45, 7) is 0. The molecule has 0 saturated heterocycles. The molecular weight excluding hydrogens is 639 g/mol. The molecule has 0 N–H and O–H groups in total. The first-order chi connectivity index (χ1) is 25.8. The van der Waals surface area contributed by atoms with Gasteiger partial charge in [0.1, 0.15) is 5.52 Å². The molecule has 0 saturated carbocycles. The number of hydrogen-bond acceptors (Lipinski definition) is 5. The van der Waals surface area contributed by atoms with Crippen molar-refractivity contribution >= 4 is 32.9 Å². The van der Waals surface area contributed by atoms with E-state index in [9.17, 15) is 0 Å². The Hall–Kier alpha value is -7.18. The summed E-state index contributed by atoms with van der Waals surface area (Å²) in [5.41, 5.74) is 10.4. The molecule has 244 valence electrons. The summed E-state index contributed by atoms with van der Waals surface area (Å²) in [6, 6.07) is 59.9. The third kappa shape index (κ3) is 5.05. The van der Waals surface area contributed by atoms with Gasteiger partial charge in [-0.05, 0) is 53.6 Å². The van der Waals surface area contributed by atoms with Gasteiger partial charge < -0.3 is 8.98 Å². The van der Waals surface area contributed by atoms with Gasteiger partial charge in [-0.15, -0.1) is 0 Å². The van der Waals surface area contributed by atoms with E-state index in [0.717, 1.165) is 55.5 Å². The lowest BCUT2D eigenvalue weighted by molar-refractivity contribution is 0.620. The van der Waals surface area contributed by atoms with E-state index in [0.29, 0.717) is 23.4 Å². The van der Waals surface area contributed by atoms with E-state index < -0.39 is 0 Å².